The predicted octanol–water partition coefficient (Wildman–Crippen LogP) is 4.56. The van der Waals surface area contributed by atoms with Gasteiger partial charge in [0, 0.05) is 11.8 Å². The lowest BCUT2D eigenvalue weighted by Gasteiger charge is -2.02. The zero-order valence-corrected chi connectivity index (χ0v) is 13.6. The summed E-state index contributed by atoms with van der Waals surface area (Å²) < 4.78 is 13.0. The predicted molar refractivity (Wildman–Crippen MR) is 89.4 cm³/mol. The molecule has 2 aromatic heterocycles. The molecule has 116 valence electrons. The molecule has 0 bridgehead atoms. The molecule has 7 heteroatoms. The molecule has 0 unspecified atom stereocenters. The number of halogens is 2. The molecule has 2 heterocycles. The lowest BCUT2D eigenvalue weighted by Crippen LogP contribution is -2.12. The highest BCUT2D eigenvalue weighted by atomic mass is 35.5. The second kappa shape index (κ2) is 6.44. The van der Waals surface area contributed by atoms with Crippen molar-refractivity contribution >= 4 is 34.7 Å². The molecule has 4 nitrogen and oxygen atoms in total. The van der Waals surface area contributed by atoms with E-state index in [0.29, 0.717) is 26.4 Å². The van der Waals surface area contributed by atoms with Crippen LogP contribution in [0.25, 0.3) is 10.6 Å². The van der Waals surface area contributed by atoms with Gasteiger partial charge in [-0.3, -0.25) is 4.79 Å². The van der Waals surface area contributed by atoms with E-state index in [2.05, 4.69) is 15.3 Å². The monoisotopic (exact) mass is 347 g/mol. The quantitative estimate of drug-likeness (QED) is 0.755. The number of thiazole rings is 1. The van der Waals surface area contributed by atoms with E-state index in [1.807, 2.05) is 0 Å². The van der Waals surface area contributed by atoms with Crippen LogP contribution in [-0.4, -0.2) is 15.9 Å². The van der Waals surface area contributed by atoms with Crippen LogP contribution in [0.1, 0.15) is 15.4 Å². The summed E-state index contributed by atoms with van der Waals surface area (Å²) in [4.78, 5) is 21.2. The highest BCUT2D eigenvalue weighted by molar-refractivity contribution is 7.17. The van der Waals surface area contributed by atoms with E-state index in [4.69, 9.17) is 11.6 Å². The molecule has 0 radical (unpaired) electrons. The number of nitrogens with zero attached hydrogens (tertiary/aromatic N) is 2. The van der Waals surface area contributed by atoms with Gasteiger partial charge in [-0.1, -0.05) is 11.6 Å². The maximum Gasteiger partial charge on any atom is 0.268 e. The van der Waals surface area contributed by atoms with Crippen molar-refractivity contribution in [2.75, 3.05) is 5.32 Å². The van der Waals surface area contributed by atoms with E-state index in [1.165, 1.54) is 29.7 Å². The Morgan fingerprint density at radius 3 is 2.61 bits per heavy atom. The van der Waals surface area contributed by atoms with Crippen LogP contribution in [0.4, 0.5) is 10.2 Å². The van der Waals surface area contributed by atoms with E-state index in [1.54, 1.807) is 31.2 Å². The summed E-state index contributed by atoms with van der Waals surface area (Å²) in [5, 5.41) is 3.86. The van der Waals surface area contributed by atoms with Crippen LogP contribution < -0.4 is 5.32 Å². The first-order valence-corrected chi connectivity index (χ1v) is 7.88. The number of hydrogen-bond donors (Lipinski definition) is 1. The van der Waals surface area contributed by atoms with E-state index >= 15 is 0 Å². The van der Waals surface area contributed by atoms with E-state index in [0.717, 1.165) is 5.56 Å². The number of hydrogen-bond acceptors (Lipinski definition) is 4. The highest BCUT2D eigenvalue weighted by Gasteiger charge is 2.16. The Kier molecular flexibility index (Phi) is 4.36. The normalized spacial score (nSPS) is 10.6. The molecule has 0 atom stereocenters. The lowest BCUT2D eigenvalue weighted by atomic mass is 10.2. The molecule has 0 saturated carbocycles. The average molecular weight is 348 g/mol. The Morgan fingerprint density at radius 2 is 1.96 bits per heavy atom. The largest absolute Gasteiger partial charge is 0.306 e. The fraction of sp³-hybridized carbons (Fsp3) is 0.0625. The zero-order valence-electron chi connectivity index (χ0n) is 12.0. The van der Waals surface area contributed by atoms with Gasteiger partial charge in [-0.15, -0.1) is 11.3 Å². The fourth-order valence-corrected chi connectivity index (χ4v) is 3.02. The number of carbonyl (C=O) groups excluding carboxylic acids is 1. The third-order valence-corrected chi connectivity index (χ3v) is 4.49. The van der Waals surface area contributed by atoms with E-state index < -0.39 is 0 Å². The molecule has 3 rings (SSSR count). The minimum absolute atomic E-state index is 0.289. The minimum Gasteiger partial charge on any atom is -0.306 e. The maximum absolute atomic E-state index is 13.0. The Hall–Kier alpha value is -2.31. The van der Waals surface area contributed by atoms with Gasteiger partial charge >= 0.3 is 0 Å². The second-order valence-corrected chi connectivity index (χ2v) is 6.19. The van der Waals surface area contributed by atoms with Gasteiger partial charge in [-0.25, -0.2) is 14.4 Å². The van der Waals surface area contributed by atoms with Gasteiger partial charge in [0.05, 0.1) is 10.7 Å². The molecule has 1 N–H and O–H groups in total. The molecule has 0 fully saturated rings. The van der Waals surface area contributed by atoms with Crippen LogP contribution in [0.15, 0.2) is 42.6 Å². The first-order chi connectivity index (χ1) is 11.0. The first-order valence-electron chi connectivity index (χ1n) is 6.69. The average Bonchev–Trinajstić information content (AvgIpc) is 2.92. The van der Waals surface area contributed by atoms with E-state index in [-0.39, 0.29) is 11.7 Å². The maximum atomic E-state index is 13.0. The topological polar surface area (TPSA) is 54.9 Å². The summed E-state index contributed by atoms with van der Waals surface area (Å²) >= 11 is 7.01. The van der Waals surface area contributed by atoms with Crippen molar-refractivity contribution in [3.8, 4) is 10.6 Å². The molecular formula is C16H11ClFN3OS. The molecule has 3 aromatic rings. The Labute approximate surface area is 141 Å². The number of amides is 1. The SMILES string of the molecule is Cc1nc(-c2ccc(F)cc2)sc1C(=O)Nc1ccc(Cl)cn1. The van der Waals surface area contributed by atoms with Gasteiger partial charge in [0.2, 0.25) is 0 Å². The van der Waals surface area contributed by atoms with Gasteiger partial charge in [0.15, 0.2) is 0 Å². The first kappa shape index (κ1) is 15.6. The zero-order chi connectivity index (χ0) is 16.4. The molecular weight excluding hydrogens is 337 g/mol. The highest BCUT2D eigenvalue weighted by Crippen LogP contribution is 2.28. The number of nitrogens with one attached hydrogen (secondary N) is 1. The van der Waals surface area contributed by atoms with Gasteiger partial charge in [0.1, 0.15) is 21.5 Å². The van der Waals surface area contributed by atoms with Gasteiger partial charge in [-0.2, -0.15) is 0 Å². The molecule has 1 amide bonds. The lowest BCUT2D eigenvalue weighted by molar-refractivity contribution is 0.102. The Bertz CT molecular complexity index is 847. The summed E-state index contributed by atoms with van der Waals surface area (Å²) in [5.74, 6) is -0.187. The summed E-state index contributed by atoms with van der Waals surface area (Å²) in [6.07, 6.45) is 1.46. The number of benzene rings is 1. The number of anilines is 1. The van der Waals surface area contributed by atoms with Crippen LogP contribution in [-0.2, 0) is 0 Å². The van der Waals surface area contributed by atoms with Crippen molar-refractivity contribution in [3.05, 3.63) is 64.0 Å². The summed E-state index contributed by atoms with van der Waals surface area (Å²) in [5.41, 5.74) is 1.38. The van der Waals surface area contributed by atoms with Crippen molar-refractivity contribution < 1.29 is 9.18 Å². The number of aryl methyl sites for hydroxylation is 1. The van der Waals surface area contributed by atoms with Crippen LogP contribution >= 0.6 is 22.9 Å². The molecule has 23 heavy (non-hydrogen) atoms. The fourth-order valence-electron chi connectivity index (χ4n) is 1.95. The van der Waals surface area contributed by atoms with Crippen molar-refractivity contribution in [2.45, 2.75) is 6.92 Å². The number of aromatic nitrogens is 2. The third-order valence-electron chi connectivity index (χ3n) is 3.06. The van der Waals surface area contributed by atoms with Crippen molar-refractivity contribution in [1.82, 2.24) is 9.97 Å². The second-order valence-electron chi connectivity index (χ2n) is 4.76. The van der Waals surface area contributed by atoms with Crippen LogP contribution in [0.3, 0.4) is 0 Å². The Morgan fingerprint density at radius 1 is 1.22 bits per heavy atom. The summed E-state index contributed by atoms with van der Waals surface area (Å²) in [6, 6.07) is 9.27. The number of pyridine rings is 1. The number of carbonyl (C=O) groups is 1. The summed E-state index contributed by atoms with van der Waals surface area (Å²) in [7, 11) is 0. The number of rotatable bonds is 3. The van der Waals surface area contributed by atoms with Crippen LogP contribution in [0.2, 0.25) is 5.02 Å². The third kappa shape index (κ3) is 3.55. The molecule has 0 aliphatic heterocycles. The van der Waals surface area contributed by atoms with Crippen molar-refractivity contribution in [3.63, 3.8) is 0 Å². The van der Waals surface area contributed by atoms with Crippen LogP contribution in [0.5, 0.6) is 0 Å². The molecule has 1 aromatic carbocycles. The van der Waals surface area contributed by atoms with Crippen molar-refractivity contribution in [1.29, 1.82) is 0 Å². The minimum atomic E-state index is -0.311. The summed E-state index contributed by atoms with van der Waals surface area (Å²) in [6.45, 7) is 1.76. The molecule has 0 aliphatic carbocycles. The van der Waals surface area contributed by atoms with Gasteiger partial charge in [-0.05, 0) is 43.3 Å². The van der Waals surface area contributed by atoms with Crippen LogP contribution in [0, 0.1) is 12.7 Å². The standard InChI is InChI=1S/C16H11ClFN3OS/c1-9-14(15(22)21-13-7-4-11(17)8-19-13)23-16(20-9)10-2-5-12(18)6-3-10/h2-8H,1H3,(H,19,21,22). The van der Waals surface area contributed by atoms with Gasteiger partial charge in [0.25, 0.3) is 5.91 Å². The molecule has 0 saturated heterocycles. The van der Waals surface area contributed by atoms with E-state index in [9.17, 15) is 9.18 Å². The van der Waals surface area contributed by atoms with Gasteiger partial charge < -0.3 is 5.32 Å². The smallest absolute Gasteiger partial charge is 0.268 e. The Balaban J connectivity index is 1.84. The molecule has 0 aliphatic rings. The molecule has 0 spiro atoms. The van der Waals surface area contributed by atoms with Crippen molar-refractivity contribution in [2.24, 2.45) is 0 Å².